The Morgan fingerprint density at radius 1 is 1.56 bits per heavy atom. The van der Waals surface area contributed by atoms with Gasteiger partial charge in [-0.15, -0.1) is 18.2 Å². The van der Waals surface area contributed by atoms with Crippen LogP contribution in [0, 0.1) is 18.3 Å². The third-order valence-corrected chi connectivity index (χ3v) is 3.90. The molecule has 1 rings (SSSR count). The quantitative estimate of drug-likeness (QED) is 0.581. The summed E-state index contributed by atoms with van der Waals surface area (Å²) < 4.78 is 0. The van der Waals surface area contributed by atoms with Crippen LogP contribution in [0.2, 0.25) is 0 Å². The van der Waals surface area contributed by atoms with E-state index in [0.717, 1.165) is 24.0 Å². The molecule has 1 fully saturated rings. The molecular formula is C13H24N2S. The maximum atomic E-state index is 5.24. The Hall–Kier alpha value is -0.170. The molecule has 1 atom stereocenters. The SMILES string of the molecule is C#CCSCCN1CCCNC(C(C)C)C1. The molecule has 0 aromatic heterocycles. The van der Waals surface area contributed by atoms with Gasteiger partial charge in [0.15, 0.2) is 0 Å². The Labute approximate surface area is 105 Å². The van der Waals surface area contributed by atoms with Gasteiger partial charge in [-0.2, -0.15) is 0 Å². The first-order valence-corrected chi connectivity index (χ1v) is 7.36. The van der Waals surface area contributed by atoms with Crippen LogP contribution in [0.5, 0.6) is 0 Å². The standard InChI is InChI=1S/C13H24N2S/c1-4-9-16-10-8-15-7-5-6-14-13(11-15)12(2)3/h1,12-14H,5-11H2,2-3H3. The highest BCUT2D eigenvalue weighted by atomic mass is 32.2. The number of hydrogen-bond acceptors (Lipinski definition) is 3. The fourth-order valence-electron chi connectivity index (χ4n) is 2.00. The molecule has 0 aliphatic carbocycles. The van der Waals surface area contributed by atoms with Crippen molar-refractivity contribution < 1.29 is 0 Å². The van der Waals surface area contributed by atoms with E-state index < -0.39 is 0 Å². The van der Waals surface area contributed by atoms with E-state index in [1.54, 1.807) is 0 Å². The van der Waals surface area contributed by atoms with E-state index in [1.165, 1.54) is 26.1 Å². The first kappa shape index (κ1) is 13.9. The number of thioether (sulfide) groups is 1. The minimum absolute atomic E-state index is 0.653. The summed E-state index contributed by atoms with van der Waals surface area (Å²) in [5, 5.41) is 3.63. The van der Waals surface area contributed by atoms with Gasteiger partial charge in [-0.25, -0.2) is 0 Å². The van der Waals surface area contributed by atoms with E-state index in [9.17, 15) is 0 Å². The smallest absolute Gasteiger partial charge is 0.0545 e. The van der Waals surface area contributed by atoms with Crippen molar-refractivity contribution in [2.45, 2.75) is 26.3 Å². The van der Waals surface area contributed by atoms with Gasteiger partial charge in [-0.1, -0.05) is 19.8 Å². The van der Waals surface area contributed by atoms with E-state index in [4.69, 9.17) is 6.42 Å². The topological polar surface area (TPSA) is 15.3 Å². The van der Waals surface area contributed by atoms with Crippen molar-refractivity contribution in [3.8, 4) is 12.3 Å². The van der Waals surface area contributed by atoms with Crippen LogP contribution in [0.4, 0.5) is 0 Å². The Balaban J connectivity index is 2.26. The molecule has 0 aromatic rings. The van der Waals surface area contributed by atoms with Crippen molar-refractivity contribution >= 4 is 11.8 Å². The van der Waals surface area contributed by atoms with E-state index in [1.807, 2.05) is 11.8 Å². The Bertz CT molecular complexity index is 222. The molecule has 0 aromatic carbocycles. The average molecular weight is 240 g/mol. The van der Waals surface area contributed by atoms with Gasteiger partial charge in [0.25, 0.3) is 0 Å². The van der Waals surface area contributed by atoms with Crippen molar-refractivity contribution in [2.24, 2.45) is 5.92 Å². The molecule has 0 spiro atoms. The summed E-state index contributed by atoms with van der Waals surface area (Å²) in [4.78, 5) is 2.58. The van der Waals surface area contributed by atoms with Gasteiger partial charge in [-0.3, -0.25) is 0 Å². The first-order valence-electron chi connectivity index (χ1n) is 6.21. The molecule has 1 aliphatic heterocycles. The minimum atomic E-state index is 0.653. The lowest BCUT2D eigenvalue weighted by Gasteiger charge is -2.26. The van der Waals surface area contributed by atoms with Gasteiger partial charge >= 0.3 is 0 Å². The molecule has 2 nitrogen and oxygen atoms in total. The largest absolute Gasteiger partial charge is 0.312 e. The van der Waals surface area contributed by atoms with Crippen LogP contribution in [-0.2, 0) is 0 Å². The van der Waals surface area contributed by atoms with Gasteiger partial charge in [0, 0.05) is 24.9 Å². The summed E-state index contributed by atoms with van der Waals surface area (Å²) in [6.07, 6.45) is 6.51. The first-order chi connectivity index (χ1) is 7.74. The Morgan fingerprint density at radius 2 is 2.38 bits per heavy atom. The fourth-order valence-corrected chi connectivity index (χ4v) is 2.65. The molecule has 1 N–H and O–H groups in total. The zero-order valence-electron chi connectivity index (χ0n) is 10.5. The van der Waals surface area contributed by atoms with Crippen molar-refractivity contribution in [2.75, 3.05) is 37.7 Å². The van der Waals surface area contributed by atoms with Gasteiger partial charge in [-0.05, 0) is 25.4 Å². The second-order valence-corrected chi connectivity index (χ2v) is 5.82. The molecule has 1 unspecified atom stereocenters. The highest BCUT2D eigenvalue weighted by Gasteiger charge is 2.19. The molecule has 0 saturated carbocycles. The van der Waals surface area contributed by atoms with Crippen molar-refractivity contribution in [1.82, 2.24) is 10.2 Å². The number of terminal acetylenes is 1. The highest BCUT2D eigenvalue weighted by Crippen LogP contribution is 2.09. The molecule has 0 bridgehead atoms. The maximum absolute atomic E-state index is 5.24. The van der Waals surface area contributed by atoms with Crippen LogP contribution in [-0.4, -0.2) is 48.6 Å². The molecule has 92 valence electrons. The van der Waals surface area contributed by atoms with Crippen LogP contribution in [0.25, 0.3) is 0 Å². The second-order valence-electron chi connectivity index (χ2n) is 4.72. The number of rotatable bonds is 5. The summed E-state index contributed by atoms with van der Waals surface area (Å²) in [6.45, 7) is 9.36. The summed E-state index contributed by atoms with van der Waals surface area (Å²) in [7, 11) is 0. The summed E-state index contributed by atoms with van der Waals surface area (Å²) >= 11 is 1.87. The van der Waals surface area contributed by atoms with E-state index in [0.29, 0.717) is 6.04 Å². The summed E-state index contributed by atoms with van der Waals surface area (Å²) in [6, 6.07) is 0.653. The van der Waals surface area contributed by atoms with Crippen molar-refractivity contribution in [1.29, 1.82) is 0 Å². The normalized spacial score (nSPS) is 23.0. The lowest BCUT2D eigenvalue weighted by molar-refractivity contribution is 0.258. The van der Waals surface area contributed by atoms with Gasteiger partial charge in [0.05, 0.1) is 5.75 Å². The maximum Gasteiger partial charge on any atom is 0.0545 e. The third kappa shape index (κ3) is 5.25. The van der Waals surface area contributed by atoms with Crippen LogP contribution in [0.15, 0.2) is 0 Å². The lowest BCUT2D eigenvalue weighted by Crippen LogP contribution is -2.41. The van der Waals surface area contributed by atoms with Gasteiger partial charge in [0.2, 0.25) is 0 Å². The molecule has 1 aliphatic rings. The van der Waals surface area contributed by atoms with Gasteiger partial charge in [0.1, 0.15) is 0 Å². The third-order valence-electron chi connectivity index (χ3n) is 3.05. The van der Waals surface area contributed by atoms with Crippen LogP contribution < -0.4 is 5.32 Å². The number of nitrogens with zero attached hydrogens (tertiary/aromatic N) is 1. The van der Waals surface area contributed by atoms with Crippen molar-refractivity contribution in [3.63, 3.8) is 0 Å². The zero-order valence-corrected chi connectivity index (χ0v) is 11.4. The molecule has 3 heteroatoms. The fraction of sp³-hybridized carbons (Fsp3) is 0.846. The van der Waals surface area contributed by atoms with E-state index in [2.05, 4.69) is 30.0 Å². The monoisotopic (exact) mass is 240 g/mol. The predicted octanol–water partition coefficient (Wildman–Crippen LogP) is 1.67. The van der Waals surface area contributed by atoms with Crippen molar-refractivity contribution in [3.05, 3.63) is 0 Å². The number of hydrogen-bond donors (Lipinski definition) is 1. The predicted molar refractivity (Wildman–Crippen MR) is 73.8 cm³/mol. The van der Waals surface area contributed by atoms with E-state index >= 15 is 0 Å². The Morgan fingerprint density at radius 3 is 3.06 bits per heavy atom. The van der Waals surface area contributed by atoms with Crippen LogP contribution in [0.1, 0.15) is 20.3 Å². The lowest BCUT2D eigenvalue weighted by atomic mass is 10.0. The average Bonchev–Trinajstić information content (AvgIpc) is 2.50. The Kier molecular flexibility index (Phi) is 6.95. The molecule has 0 radical (unpaired) electrons. The van der Waals surface area contributed by atoms with E-state index in [-0.39, 0.29) is 0 Å². The molecule has 0 amide bonds. The molecule has 16 heavy (non-hydrogen) atoms. The molecule has 1 heterocycles. The second kappa shape index (κ2) is 8.00. The zero-order chi connectivity index (χ0) is 11.8. The highest BCUT2D eigenvalue weighted by molar-refractivity contribution is 7.99. The minimum Gasteiger partial charge on any atom is -0.312 e. The van der Waals surface area contributed by atoms with Gasteiger partial charge < -0.3 is 10.2 Å². The van der Waals surface area contributed by atoms with Crippen LogP contribution >= 0.6 is 11.8 Å². The number of nitrogens with one attached hydrogen (secondary N) is 1. The molecule has 1 saturated heterocycles. The summed E-state index contributed by atoms with van der Waals surface area (Å²) in [5.74, 6) is 5.41. The molecular weight excluding hydrogens is 216 g/mol. The summed E-state index contributed by atoms with van der Waals surface area (Å²) in [5.41, 5.74) is 0. The van der Waals surface area contributed by atoms with Crippen LogP contribution in [0.3, 0.4) is 0 Å².